The van der Waals surface area contributed by atoms with Gasteiger partial charge in [0.05, 0.1) is 34.1 Å². The molecule has 0 fully saturated rings. The molecule has 3 aromatic heterocycles. The van der Waals surface area contributed by atoms with E-state index in [4.69, 9.17) is 0 Å². The van der Waals surface area contributed by atoms with Crippen LogP contribution in [0.4, 0.5) is 4.39 Å². The highest BCUT2D eigenvalue weighted by atomic mass is 32.2. The van der Waals surface area contributed by atoms with E-state index in [1.54, 1.807) is 29.0 Å². The van der Waals surface area contributed by atoms with Crippen LogP contribution in [0.3, 0.4) is 0 Å². The normalized spacial score (nSPS) is 12.5. The number of halogens is 1. The molecule has 0 bridgehead atoms. The molecule has 1 aromatic carbocycles. The maximum atomic E-state index is 13.3. The van der Waals surface area contributed by atoms with Crippen LogP contribution in [-0.4, -0.2) is 23.8 Å². The maximum absolute atomic E-state index is 13.3. The molecule has 0 aliphatic heterocycles. The van der Waals surface area contributed by atoms with Crippen LogP contribution >= 0.6 is 11.3 Å². The summed E-state index contributed by atoms with van der Waals surface area (Å²) in [6.45, 7) is 0. The number of nitrogens with zero attached hydrogens (tertiary/aromatic N) is 4. The fraction of sp³-hybridized carbons (Fsp3) is 0.0625. The van der Waals surface area contributed by atoms with Crippen LogP contribution < -0.4 is 0 Å². The fourth-order valence-electron chi connectivity index (χ4n) is 2.24. The molecule has 8 heteroatoms. The first kappa shape index (κ1) is 15.1. The maximum Gasteiger partial charge on any atom is 0.213 e. The molecule has 4 rings (SSSR count). The smallest absolute Gasteiger partial charge is 0.213 e. The number of aromatic nitrogens is 4. The van der Waals surface area contributed by atoms with Crippen molar-refractivity contribution in [3.05, 3.63) is 66.4 Å². The summed E-state index contributed by atoms with van der Waals surface area (Å²) in [4.78, 5) is 9.23. The predicted octanol–water partition coefficient (Wildman–Crippen LogP) is 3.30. The number of rotatable bonds is 4. The van der Waals surface area contributed by atoms with Gasteiger partial charge in [-0.2, -0.15) is 0 Å². The van der Waals surface area contributed by atoms with Gasteiger partial charge in [0.25, 0.3) is 0 Å². The first-order valence-electron chi connectivity index (χ1n) is 7.09. The van der Waals surface area contributed by atoms with E-state index < -0.39 is 10.8 Å². The Labute approximate surface area is 143 Å². The Hall–Kier alpha value is -2.45. The van der Waals surface area contributed by atoms with Crippen LogP contribution in [0, 0.1) is 5.82 Å². The largest absolute Gasteiger partial charge is 0.260 e. The SMILES string of the molecule is O=S(Cc1ccccn1)c1nn2cc(-c3cccc(F)c3)nc2s1. The van der Waals surface area contributed by atoms with E-state index >= 15 is 0 Å². The lowest BCUT2D eigenvalue weighted by Crippen LogP contribution is -1.98. The Bertz CT molecular complexity index is 997. The highest BCUT2D eigenvalue weighted by molar-refractivity contribution is 7.86. The van der Waals surface area contributed by atoms with Gasteiger partial charge in [-0.15, -0.1) is 5.10 Å². The molecule has 0 amide bonds. The molecule has 24 heavy (non-hydrogen) atoms. The lowest BCUT2D eigenvalue weighted by atomic mass is 10.2. The summed E-state index contributed by atoms with van der Waals surface area (Å²) in [6, 6.07) is 11.7. The van der Waals surface area contributed by atoms with Crippen molar-refractivity contribution in [1.82, 2.24) is 19.6 Å². The van der Waals surface area contributed by atoms with Crippen molar-refractivity contribution < 1.29 is 8.60 Å². The average molecular weight is 358 g/mol. The van der Waals surface area contributed by atoms with Crippen LogP contribution in [0.25, 0.3) is 16.2 Å². The zero-order valence-electron chi connectivity index (χ0n) is 12.3. The summed E-state index contributed by atoms with van der Waals surface area (Å²) in [5.41, 5.74) is 2.07. The third-order valence-electron chi connectivity index (χ3n) is 3.34. The first-order valence-corrected chi connectivity index (χ1v) is 9.23. The first-order chi connectivity index (χ1) is 11.7. The number of pyridine rings is 1. The Morgan fingerprint density at radius 1 is 1.21 bits per heavy atom. The lowest BCUT2D eigenvalue weighted by molar-refractivity contribution is 0.628. The molecule has 0 radical (unpaired) electrons. The van der Waals surface area contributed by atoms with Crippen LogP contribution in [0.15, 0.2) is 59.2 Å². The van der Waals surface area contributed by atoms with Gasteiger partial charge in [-0.3, -0.25) is 9.19 Å². The molecular formula is C16H11FN4OS2. The number of hydrogen-bond acceptors (Lipinski definition) is 5. The summed E-state index contributed by atoms with van der Waals surface area (Å²) in [5, 5.41) is 4.33. The predicted molar refractivity (Wildman–Crippen MR) is 90.6 cm³/mol. The highest BCUT2D eigenvalue weighted by Crippen LogP contribution is 2.24. The lowest BCUT2D eigenvalue weighted by Gasteiger charge is -1.97. The molecular weight excluding hydrogens is 347 g/mol. The molecule has 1 atom stereocenters. The molecule has 120 valence electrons. The molecule has 1 unspecified atom stereocenters. The monoisotopic (exact) mass is 358 g/mol. The number of benzene rings is 1. The minimum atomic E-state index is -1.28. The summed E-state index contributed by atoms with van der Waals surface area (Å²) in [7, 11) is -1.28. The number of imidazole rings is 1. The summed E-state index contributed by atoms with van der Waals surface area (Å²) < 4.78 is 27.8. The summed E-state index contributed by atoms with van der Waals surface area (Å²) in [6.07, 6.45) is 3.38. The molecule has 0 saturated carbocycles. The zero-order chi connectivity index (χ0) is 16.5. The van der Waals surface area contributed by atoms with Gasteiger partial charge in [-0.1, -0.05) is 29.5 Å². The highest BCUT2D eigenvalue weighted by Gasteiger charge is 2.15. The third kappa shape index (κ3) is 2.98. The van der Waals surface area contributed by atoms with Gasteiger partial charge in [0.15, 0.2) is 0 Å². The van der Waals surface area contributed by atoms with Crippen molar-refractivity contribution in [2.24, 2.45) is 0 Å². The second-order valence-corrected chi connectivity index (χ2v) is 7.62. The average Bonchev–Trinajstić information content (AvgIpc) is 3.14. The molecule has 0 saturated heterocycles. The zero-order valence-corrected chi connectivity index (χ0v) is 13.9. The van der Waals surface area contributed by atoms with Crippen molar-refractivity contribution in [2.45, 2.75) is 10.1 Å². The van der Waals surface area contributed by atoms with Crippen LogP contribution in [-0.2, 0) is 16.6 Å². The minimum absolute atomic E-state index is 0.311. The van der Waals surface area contributed by atoms with E-state index in [0.29, 0.717) is 26.3 Å². The van der Waals surface area contributed by atoms with E-state index in [0.717, 1.165) is 5.69 Å². The van der Waals surface area contributed by atoms with E-state index in [1.807, 2.05) is 18.2 Å². The van der Waals surface area contributed by atoms with Crippen molar-refractivity contribution in [2.75, 3.05) is 0 Å². The van der Waals surface area contributed by atoms with Crippen molar-refractivity contribution in [3.63, 3.8) is 0 Å². The number of hydrogen-bond donors (Lipinski definition) is 0. The molecule has 0 aliphatic carbocycles. The Kier molecular flexibility index (Phi) is 3.91. The standard InChI is InChI=1S/C16H11FN4OS2/c17-12-5-3-4-11(8-12)14-9-21-15(19-14)23-16(20-21)24(22)10-13-6-1-2-7-18-13/h1-9H,10H2. The third-order valence-corrected chi connectivity index (χ3v) is 5.90. The van der Waals surface area contributed by atoms with Gasteiger partial charge >= 0.3 is 0 Å². The van der Waals surface area contributed by atoms with Crippen molar-refractivity contribution in [1.29, 1.82) is 0 Å². The quantitative estimate of drug-likeness (QED) is 0.562. The molecule has 4 aromatic rings. The Balaban J connectivity index is 1.61. The van der Waals surface area contributed by atoms with Gasteiger partial charge in [0.1, 0.15) is 5.82 Å². The minimum Gasteiger partial charge on any atom is -0.260 e. The Morgan fingerprint density at radius 3 is 2.88 bits per heavy atom. The van der Waals surface area contributed by atoms with Crippen molar-refractivity contribution in [3.8, 4) is 11.3 Å². The fourth-order valence-corrected chi connectivity index (χ4v) is 4.37. The molecule has 0 aliphatic rings. The van der Waals surface area contributed by atoms with E-state index in [2.05, 4.69) is 15.1 Å². The second kappa shape index (κ2) is 6.21. The Morgan fingerprint density at radius 2 is 2.12 bits per heavy atom. The number of fused-ring (bicyclic) bond motifs is 1. The van der Waals surface area contributed by atoms with Gasteiger partial charge < -0.3 is 0 Å². The molecule has 0 spiro atoms. The van der Waals surface area contributed by atoms with E-state index in [1.165, 1.54) is 23.5 Å². The molecule has 0 N–H and O–H groups in total. The van der Waals surface area contributed by atoms with Gasteiger partial charge in [-0.05, 0) is 24.3 Å². The van der Waals surface area contributed by atoms with Gasteiger partial charge in [-0.25, -0.2) is 13.9 Å². The van der Waals surface area contributed by atoms with Crippen LogP contribution in [0.5, 0.6) is 0 Å². The van der Waals surface area contributed by atoms with Gasteiger partial charge in [0.2, 0.25) is 9.30 Å². The molecule has 5 nitrogen and oxygen atoms in total. The summed E-state index contributed by atoms with van der Waals surface area (Å²) in [5.74, 6) is 0.00261. The van der Waals surface area contributed by atoms with Crippen molar-refractivity contribution >= 4 is 27.1 Å². The van der Waals surface area contributed by atoms with E-state index in [-0.39, 0.29) is 5.82 Å². The molecule has 3 heterocycles. The van der Waals surface area contributed by atoms with E-state index in [9.17, 15) is 8.60 Å². The van der Waals surface area contributed by atoms with Crippen LogP contribution in [0.1, 0.15) is 5.69 Å². The summed E-state index contributed by atoms with van der Waals surface area (Å²) >= 11 is 1.26. The second-order valence-electron chi connectivity index (χ2n) is 5.04. The van der Waals surface area contributed by atoms with Gasteiger partial charge in [0, 0.05) is 11.8 Å². The topological polar surface area (TPSA) is 60.2 Å². The van der Waals surface area contributed by atoms with Crippen LogP contribution in [0.2, 0.25) is 0 Å².